The van der Waals surface area contributed by atoms with Gasteiger partial charge >= 0.3 is 5.97 Å². The molecule has 2 aromatic carbocycles. The lowest BCUT2D eigenvalue weighted by Gasteiger charge is -2.24. The van der Waals surface area contributed by atoms with Gasteiger partial charge in [0.25, 0.3) is 5.56 Å². The van der Waals surface area contributed by atoms with Gasteiger partial charge in [-0.25, -0.2) is 9.79 Å². The number of carbonyl (C=O) groups is 1. The minimum absolute atomic E-state index is 0.162. The zero-order valence-corrected chi connectivity index (χ0v) is 22.6. The second-order valence-electron chi connectivity index (χ2n) is 9.23. The molecule has 1 fully saturated rings. The number of carbonyl (C=O) groups excluding carboxylic acids is 1. The van der Waals surface area contributed by atoms with Crippen LogP contribution < -0.4 is 19.8 Å². The van der Waals surface area contributed by atoms with Gasteiger partial charge in [0.1, 0.15) is 6.04 Å². The molecular formula is C30H27N3O3S2. The monoisotopic (exact) mass is 541 g/mol. The van der Waals surface area contributed by atoms with E-state index >= 15 is 0 Å². The molecule has 38 heavy (non-hydrogen) atoms. The van der Waals surface area contributed by atoms with Gasteiger partial charge in [-0.1, -0.05) is 59.9 Å². The van der Waals surface area contributed by atoms with E-state index in [4.69, 9.17) is 9.73 Å². The summed E-state index contributed by atoms with van der Waals surface area (Å²) in [4.78, 5) is 36.0. The maximum atomic E-state index is 13.9. The van der Waals surface area contributed by atoms with Gasteiger partial charge < -0.3 is 9.64 Å². The molecule has 2 aliphatic heterocycles. The zero-order chi connectivity index (χ0) is 26.1. The number of fused-ring (bicyclic) bond motifs is 1. The number of rotatable bonds is 6. The summed E-state index contributed by atoms with van der Waals surface area (Å²) in [6.45, 7) is 4.20. The van der Waals surface area contributed by atoms with Crippen molar-refractivity contribution in [2.75, 3.05) is 24.6 Å². The lowest BCUT2D eigenvalue weighted by atomic mass is 9.97. The molecule has 0 amide bonds. The average Bonchev–Trinajstić information content (AvgIpc) is 3.72. The minimum atomic E-state index is -0.611. The second-order valence-corrected chi connectivity index (χ2v) is 11.2. The largest absolute Gasteiger partial charge is 0.463 e. The van der Waals surface area contributed by atoms with Gasteiger partial charge in [0.05, 0.1) is 22.4 Å². The van der Waals surface area contributed by atoms with Crippen LogP contribution in [0.3, 0.4) is 0 Å². The van der Waals surface area contributed by atoms with E-state index in [1.165, 1.54) is 41.2 Å². The SMILES string of the molecule is CCOC(=O)C1=C(c2ccccc2)N=c2s/c(=C/c3ccc(N4CCCC4)cc3)c(=O)n2[C@@H]1c1cccs1. The minimum Gasteiger partial charge on any atom is -0.463 e. The van der Waals surface area contributed by atoms with Crippen LogP contribution in [0.15, 0.2) is 87.5 Å². The lowest BCUT2D eigenvalue weighted by molar-refractivity contribution is -0.138. The summed E-state index contributed by atoms with van der Waals surface area (Å²) in [5, 5.41) is 1.96. The normalized spacial score (nSPS) is 17.4. The summed E-state index contributed by atoms with van der Waals surface area (Å²) < 4.78 is 7.73. The van der Waals surface area contributed by atoms with Crippen LogP contribution >= 0.6 is 22.7 Å². The first-order valence-electron chi connectivity index (χ1n) is 12.8. The summed E-state index contributed by atoms with van der Waals surface area (Å²) in [7, 11) is 0. The Hall–Kier alpha value is -3.75. The van der Waals surface area contributed by atoms with Crippen LogP contribution in [0.5, 0.6) is 0 Å². The Kier molecular flexibility index (Phi) is 6.82. The molecule has 0 bridgehead atoms. The molecule has 0 unspecified atom stereocenters. The Labute approximate surface area is 228 Å². The molecule has 0 aliphatic carbocycles. The predicted molar refractivity (Wildman–Crippen MR) is 153 cm³/mol. The quantitative estimate of drug-likeness (QED) is 0.335. The van der Waals surface area contributed by atoms with Gasteiger partial charge in [0.2, 0.25) is 0 Å². The number of hydrogen-bond acceptors (Lipinski definition) is 7. The average molecular weight is 542 g/mol. The molecule has 0 radical (unpaired) electrons. The van der Waals surface area contributed by atoms with Crippen molar-refractivity contribution >= 4 is 46.1 Å². The number of anilines is 1. The third-order valence-electron chi connectivity index (χ3n) is 6.85. The van der Waals surface area contributed by atoms with Crippen LogP contribution in [0.2, 0.25) is 0 Å². The number of esters is 1. The van der Waals surface area contributed by atoms with E-state index in [2.05, 4.69) is 29.2 Å². The summed E-state index contributed by atoms with van der Waals surface area (Å²) in [6.07, 6.45) is 4.37. The molecular weight excluding hydrogens is 514 g/mol. The van der Waals surface area contributed by atoms with Crippen molar-refractivity contribution in [3.63, 3.8) is 0 Å². The fourth-order valence-electron chi connectivity index (χ4n) is 5.06. The number of thiazole rings is 1. The predicted octanol–water partition coefficient (Wildman–Crippen LogP) is 4.60. The molecule has 0 N–H and O–H groups in total. The van der Waals surface area contributed by atoms with Crippen LogP contribution in [0.25, 0.3) is 11.8 Å². The molecule has 1 atom stereocenters. The number of aromatic nitrogens is 1. The van der Waals surface area contributed by atoms with E-state index in [1.54, 1.807) is 11.5 Å². The number of hydrogen-bond donors (Lipinski definition) is 0. The van der Waals surface area contributed by atoms with Crippen molar-refractivity contribution < 1.29 is 9.53 Å². The maximum Gasteiger partial charge on any atom is 0.338 e. The summed E-state index contributed by atoms with van der Waals surface area (Å²) in [6, 6.07) is 21.3. The topological polar surface area (TPSA) is 63.9 Å². The van der Waals surface area contributed by atoms with E-state index in [1.807, 2.05) is 53.9 Å². The Morgan fingerprint density at radius 3 is 2.50 bits per heavy atom. The van der Waals surface area contributed by atoms with Gasteiger partial charge in [-0.05, 0) is 55.0 Å². The molecule has 2 aromatic heterocycles. The van der Waals surface area contributed by atoms with E-state index in [9.17, 15) is 9.59 Å². The van der Waals surface area contributed by atoms with Crippen molar-refractivity contribution in [3.8, 4) is 0 Å². The highest BCUT2D eigenvalue weighted by Gasteiger charge is 2.35. The van der Waals surface area contributed by atoms with Crippen molar-refractivity contribution in [2.45, 2.75) is 25.8 Å². The second kappa shape index (κ2) is 10.6. The smallest absolute Gasteiger partial charge is 0.338 e. The first kappa shape index (κ1) is 24.6. The van der Waals surface area contributed by atoms with Gasteiger partial charge in [-0.15, -0.1) is 11.3 Å². The first-order chi connectivity index (χ1) is 18.6. The third kappa shape index (κ3) is 4.54. The Morgan fingerprint density at radius 2 is 1.82 bits per heavy atom. The van der Waals surface area contributed by atoms with Gasteiger partial charge in [0.15, 0.2) is 4.80 Å². The van der Waals surface area contributed by atoms with Crippen LogP contribution in [-0.4, -0.2) is 30.2 Å². The van der Waals surface area contributed by atoms with E-state index < -0.39 is 12.0 Å². The molecule has 2 aliphatic rings. The van der Waals surface area contributed by atoms with Gasteiger partial charge in [-0.2, -0.15) is 0 Å². The van der Waals surface area contributed by atoms with Crippen molar-refractivity contribution in [2.24, 2.45) is 4.99 Å². The molecule has 192 valence electrons. The van der Waals surface area contributed by atoms with E-state index in [0.29, 0.717) is 20.6 Å². The summed E-state index contributed by atoms with van der Waals surface area (Å²) in [5.74, 6) is -0.458. The first-order valence-corrected chi connectivity index (χ1v) is 14.5. The van der Waals surface area contributed by atoms with Crippen LogP contribution in [0, 0.1) is 0 Å². The van der Waals surface area contributed by atoms with Crippen LogP contribution in [0.4, 0.5) is 5.69 Å². The number of nitrogens with zero attached hydrogens (tertiary/aromatic N) is 3. The highest BCUT2D eigenvalue weighted by atomic mass is 32.1. The standard InChI is InChI=1S/C30H27N3O3S2/c1-2-36-29(35)25-26(21-9-4-3-5-10-21)31-30-33(27(25)23-11-8-18-37-23)28(34)24(38-30)19-20-12-14-22(15-13-20)32-16-6-7-17-32/h3-5,8-15,18-19,27H,2,6-7,16-17H2,1H3/b24-19+/t27-/m1/s1. The van der Waals surface area contributed by atoms with Gasteiger partial charge in [-0.3, -0.25) is 9.36 Å². The van der Waals surface area contributed by atoms with E-state index in [0.717, 1.165) is 29.1 Å². The third-order valence-corrected chi connectivity index (χ3v) is 8.76. The van der Waals surface area contributed by atoms with Gasteiger partial charge in [0, 0.05) is 29.2 Å². The fraction of sp³-hybridized carbons (Fsp3) is 0.233. The lowest BCUT2D eigenvalue weighted by Crippen LogP contribution is -2.39. The van der Waals surface area contributed by atoms with Crippen molar-refractivity contribution in [1.29, 1.82) is 0 Å². The number of thiophene rings is 1. The molecule has 4 aromatic rings. The van der Waals surface area contributed by atoms with Crippen molar-refractivity contribution in [3.05, 3.63) is 113 Å². The Bertz CT molecular complexity index is 1660. The van der Waals surface area contributed by atoms with Crippen LogP contribution in [0.1, 0.15) is 41.8 Å². The molecule has 6 rings (SSSR count). The molecule has 0 spiro atoms. The summed E-state index contributed by atoms with van der Waals surface area (Å²) in [5.41, 5.74) is 3.75. The molecule has 1 saturated heterocycles. The zero-order valence-electron chi connectivity index (χ0n) is 21.0. The van der Waals surface area contributed by atoms with Crippen molar-refractivity contribution in [1.82, 2.24) is 4.57 Å². The summed E-state index contributed by atoms with van der Waals surface area (Å²) >= 11 is 2.86. The molecule has 0 saturated carbocycles. The number of benzene rings is 2. The highest BCUT2D eigenvalue weighted by Crippen LogP contribution is 2.36. The molecule has 6 nitrogen and oxygen atoms in total. The van der Waals surface area contributed by atoms with Crippen LogP contribution in [-0.2, 0) is 9.53 Å². The fourth-order valence-corrected chi connectivity index (χ4v) is 6.89. The molecule has 4 heterocycles. The van der Waals surface area contributed by atoms with E-state index in [-0.39, 0.29) is 12.2 Å². The molecule has 8 heteroatoms. The Morgan fingerprint density at radius 1 is 1.05 bits per heavy atom. The highest BCUT2D eigenvalue weighted by molar-refractivity contribution is 7.10. The Balaban J connectivity index is 1.52. The maximum absolute atomic E-state index is 13.9. The number of ether oxygens (including phenoxy) is 1.